The van der Waals surface area contributed by atoms with Crippen LogP contribution in [-0.4, -0.2) is 26.0 Å². The van der Waals surface area contributed by atoms with Gasteiger partial charge >= 0.3 is 0 Å². The molecule has 130 valence electrons. The van der Waals surface area contributed by atoms with Crippen LogP contribution in [-0.2, 0) is 6.54 Å². The molecule has 0 bridgehead atoms. The summed E-state index contributed by atoms with van der Waals surface area (Å²) in [6.07, 6.45) is 2.01. The first kappa shape index (κ1) is 17.5. The normalized spacial score (nSPS) is 12.2. The van der Waals surface area contributed by atoms with E-state index in [1.54, 1.807) is 6.20 Å². The summed E-state index contributed by atoms with van der Waals surface area (Å²) in [6, 6.07) is 13.4. The van der Waals surface area contributed by atoms with E-state index in [0.717, 1.165) is 22.6 Å². The second kappa shape index (κ2) is 7.68. The van der Waals surface area contributed by atoms with Gasteiger partial charge in [0, 0.05) is 34.2 Å². The fraction of sp³-hybridized carbons (Fsp3) is 0.263. The van der Waals surface area contributed by atoms with Gasteiger partial charge in [0.05, 0.1) is 18.3 Å². The summed E-state index contributed by atoms with van der Waals surface area (Å²) in [7, 11) is 0. The molecule has 0 fully saturated rings. The maximum absolute atomic E-state index is 10.1. The van der Waals surface area contributed by atoms with Crippen LogP contribution in [0.2, 0.25) is 5.02 Å². The van der Waals surface area contributed by atoms with E-state index in [1.165, 1.54) is 0 Å². The Morgan fingerprint density at radius 1 is 1.24 bits per heavy atom. The maximum Gasteiger partial charge on any atom is 0.153 e. The van der Waals surface area contributed by atoms with Crippen molar-refractivity contribution in [2.75, 3.05) is 5.32 Å². The number of aromatic nitrogens is 3. The van der Waals surface area contributed by atoms with E-state index >= 15 is 0 Å². The van der Waals surface area contributed by atoms with E-state index in [-0.39, 0.29) is 0 Å². The molecule has 0 spiro atoms. The Morgan fingerprint density at radius 3 is 2.80 bits per heavy atom. The third-order valence-electron chi connectivity index (χ3n) is 3.92. The zero-order chi connectivity index (χ0) is 17.8. The fourth-order valence-corrected chi connectivity index (χ4v) is 2.79. The predicted octanol–water partition coefficient (Wildman–Crippen LogP) is 4.42. The number of aliphatic hydroxyl groups excluding tert-OH is 1. The number of anilines is 2. The number of nitrogens with zero attached hydrogens (tertiary/aromatic N) is 3. The van der Waals surface area contributed by atoms with Crippen molar-refractivity contribution in [3.8, 4) is 11.3 Å². The van der Waals surface area contributed by atoms with Crippen LogP contribution < -0.4 is 5.32 Å². The standard InChI is InChI=1S/C19H21ClN4O/c1-3-17(25)12-24-18(14-7-8-21-13(2)9-14)11-19(23-24)22-16-6-4-5-15(20)10-16/h4-11,17,25H,3,12H2,1-2H3,(H,22,23). The van der Waals surface area contributed by atoms with Gasteiger partial charge in [0.1, 0.15) is 0 Å². The number of hydrogen-bond acceptors (Lipinski definition) is 4. The van der Waals surface area contributed by atoms with E-state index in [1.807, 2.05) is 61.0 Å². The minimum atomic E-state index is -0.444. The largest absolute Gasteiger partial charge is 0.391 e. The molecule has 0 aliphatic carbocycles. The molecule has 25 heavy (non-hydrogen) atoms. The van der Waals surface area contributed by atoms with Crippen molar-refractivity contribution in [1.82, 2.24) is 14.8 Å². The lowest BCUT2D eigenvalue weighted by atomic mass is 10.1. The molecule has 0 saturated carbocycles. The van der Waals surface area contributed by atoms with Crippen LogP contribution in [0.3, 0.4) is 0 Å². The van der Waals surface area contributed by atoms with Crippen LogP contribution in [0.4, 0.5) is 11.5 Å². The van der Waals surface area contributed by atoms with E-state index in [4.69, 9.17) is 11.6 Å². The molecule has 3 aromatic rings. The molecule has 2 N–H and O–H groups in total. The molecule has 0 saturated heterocycles. The van der Waals surface area contributed by atoms with Gasteiger partial charge in [-0.05, 0) is 43.7 Å². The van der Waals surface area contributed by atoms with Crippen LogP contribution in [0.1, 0.15) is 19.0 Å². The van der Waals surface area contributed by atoms with Crippen molar-refractivity contribution < 1.29 is 5.11 Å². The van der Waals surface area contributed by atoms with Gasteiger partial charge in [0.25, 0.3) is 0 Å². The highest BCUT2D eigenvalue weighted by Gasteiger charge is 2.13. The fourth-order valence-electron chi connectivity index (χ4n) is 2.60. The van der Waals surface area contributed by atoms with Crippen LogP contribution in [0.5, 0.6) is 0 Å². The summed E-state index contributed by atoms with van der Waals surface area (Å²) in [5.74, 6) is 0.704. The SMILES string of the molecule is CCC(O)Cn1nc(Nc2cccc(Cl)c2)cc1-c1ccnc(C)c1. The number of benzene rings is 1. The van der Waals surface area contributed by atoms with Crippen molar-refractivity contribution in [3.63, 3.8) is 0 Å². The van der Waals surface area contributed by atoms with Crippen LogP contribution in [0.15, 0.2) is 48.7 Å². The van der Waals surface area contributed by atoms with Gasteiger partial charge in [-0.3, -0.25) is 9.67 Å². The third-order valence-corrected chi connectivity index (χ3v) is 4.16. The summed E-state index contributed by atoms with van der Waals surface area (Å²) in [4.78, 5) is 4.25. The first-order valence-corrected chi connectivity index (χ1v) is 8.64. The molecule has 6 heteroatoms. The predicted molar refractivity (Wildman–Crippen MR) is 101 cm³/mol. The monoisotopic (exact) mass is 356 g/mol. The molecule has 0 aliphatic heterocycles. The average molecular weight is 357 g/mol. The van der Waals surface area contributed by atoms with Gasteiger partial charge in [-0.2, -0.15) is 5.10 Å². The first-order chi connectivity index (χ1) is 12.0. The second-order valence-electron chi connectivity index (χ2n) is 5.98. The highest BCUT2D eigenvalue weighted by molar-refractivity contribution is 6.30. The Morgan fingerprint density at radius 2 is 2.08 bits per heavy atom. The number of rotatable bonds is 6. The lowest BCUT2D eigenvalue weighted by molar-refractivity contribution is 0.146. The number of hydrogen-bond donors (Lipinski definition) is 2. The van der Waals surface area contributed by atoms with Crippen LogP contribution >= 0.6 is 11.6 Å². The molecular formula is C19H21ClN4O. The van der Waals surface area contributed by atoms with Crippen molar-refractivity contribution in [1.29, 1.82) is 0 Å². The van der Waals surface area contributed by atoms with Gasteiger partial charge < -0.3 is 10.4 Å². The molecular weight excluding hydrogens is 336 g/mol. The third kappa shape index (κ3) is 4.38. The van der Waals surface area contributed by atoms with Crippen molar-refractivity contribution in [3.05, 3.63) is 59.4 Å². The van der Waals surface area contributed by atoms with Gasteiger partial charge in [-0.15, -0.1) is 0 Å². The highest BCUT2D eigenvalue weighted by Crippen LogP contribution is 2.26. The second-order valence-corrected chi connectivity index (χ2v) is 6.42. The van der Waals surface area contributed by atoms with E-state index in [9.17, 15) is 5.11 Å². The Balaban J connectivity index is 1.96. The zero-order valence-corrected chi connectivity index (χ0v) is 15.0. The number of halogens is 1. The average Bonchev–Trinajstić information content (AvgIpc) is 2.97. The Hall–Kier alpha value is -2.37. The minimum Gasteiger partial charge on any atom is -0.391 e. The van der Waals surface area contributed by atoms with Gasteiger partial charge in [0.15, 0.2) is 5.82 Å². The number of aryl methyl sites for hydroxylation is 1. The molecule has 0 radical (unpaired) electrons. The summed E-state index contributed by atoms with van der Waals surface area (Å²) >= 11 is 6.04. The van der Waals surface area contributed by atoms with Crippen molar-refractivity contribution >= 4 is 23.1 Å². The summed E-state index contributed by atoms with van der Waals surface area (Å²) in [5.41, 5.74) is 3.75. The molecule has 3 rings (SSSR count). The summed E-state index contributed by atoms with van der Waals surface area (Å²) in [6.45, 7) is 4.34. The number of pyridine rings is 1. The molecule has 2 heterocycles. The van der Waals surface area contributed by atoms with Gasteiger partial charge in [-0.25, -0.2) is 0 Å². The number of aliphatic hydroxyl groups is 1. The molecule has 0 aliphatic rings. The summed E-state index contributed by atoms with van der Waals surface area (Å²) < 4.78 is 1.83. The Labute approximate surface area is 152 Å². The Kier molecular flexibility index (Phi) is 5.36. The zero-order valence-electron chi connectivity index (χ0n) is 14.3. The van der Waals surface area contributed by atoms with E-state index < -0.39 is 6.10 Å². The van der Waals surface area contributed by atoms with Gasteiger partial charge in [-0.1, -0.05) is 24.6 Å². The van der Waals surface area contributed by atoms with Crippen molar-refractivity contribution in [2.24, 2.45) is 0 Å². The summed E-state index contributed by atoms with van der Waals surface area (Å²) in [5, 5.41) is 18.6. The van der Waals surface area contributed by atoms with Gasteiger partial charge in [0.2, 0.25) is 0 Å². The molecule has 2 aromatic heterocycles. The lowest BCUT2D eigenvalue weighted by Crippen LogP contribution is -2.16. The molecule has 1 unspecified atom stereocenters. The number of nitrogens with one attached hydrogen (secondary N) is 1. The highest BCUT2D eigenvalue weighted by atomic mass is 35.5. The molecule has 1 atom stereocenters. The smallest absolute Gasteiger partial charge is 0.153 e. The molecule has 5 nitrogen and oxygen atoms in total. The van der Waals surface area contributed by atoms with Crippen LogP contribution in [0, 0.1) is 6.92 Å². The maximum atomic E-state index is 10.1. The molecule has 0 amide bonds. The quantitative estimate of drug-likeness (QED) is 0.686. The lowest BCUT2D eigenvalue weighted by Gasteiger charge is -2.11. The van der Waals surface area contributed by atoms with E-state index in [0.29, 0.717) is 23.8 Å². The van der Waals surface area contributed by atoms with E-state index in [2.05, 4.69) is 15.4 Å². The first-order valence-electron chi connectivity index (χ1n) is 8.26. The Bertz CT molecular complexity index is 862. The molecule has 1 aromatic carbocycles. The van der Waals surface area contributed by atoms with Crippen molar-refractivity contribution in [2.45, 2.75) is 32.9 Å². The topological polar surface area (TPSA) is 63.0 Å². The van der Waals surface area contributed by atoms with Crippen LogP contribution in [0.25, 0.3) is 11.3 Å². The minimum absolute atomic E-state index is 0.435.